The van der Waals surface area contributed by atoms with E-state index in [0.717, 1.165) is 24.2 Å². The predicted octanol–water partition coefficient (Wildman–Crippen LogP) is -0.476. The number of imide groups is 1. The van der Waals surface area contributed by atoms with Crippen LogP contribution in [0.3, 0.4) is 0 Å². The summed E-state index contributed by atoms with van der Waals surface area (Å²) in [5, 5.41) is 9.11. The Morgan fingerprint density at radius 1 is 1.26 bits per heavy atom. The van der Waals surface area contributed by atoms with Gasteiger partial charge in [0, 0.05) is 51.3 Å². The van der Waals surface area contributed by atoms with E-state index in [2.05, 4.69) is 16.0 Å². The fraction of sp³-hybridized carbons (Fsp3) is 0.526. The van der Waals surface area contributed by atoms with Crippen molar-refractivity contribution in [3.8, 4) is 0 Å². The second kappa shape index (κ2) is 7.38. The summed E-state index contributed by atoms with van der Waals surface area (Å²) in [7, 11) is 1.70. The summed E-state index contributed by atoms with van der Waals surface area (Å²) < 4.78 is 5.47. The maximum Gasteiger partial charge on any atom is 0.255 e. The van der Waals surface area contributed by atoms with Crippen LogP contribution in [0.25, 0.3) is 0 Å². The van der Waals surface area contributed by atoms with E-state index in [-0.39, 0.29) is 36.3 Å². The van der Waals surface area contributed by atoms with Gasteiger partial charge in [0.2, 0.25) is 11.8 Å². The summed E-state index contributed by atoms with van der Waals surface area (Å²) in [6, 6.07) is 5.42. The number of hydrogen-bond donors (Lipinski definition) is 3. The summed E-state index contributed by atoms with van der Waals surface area (Å²) in [6.07, 6.45) is 0.747. The molecule has 4 rings (SSSR count). The van der Waals surface area contributed by atoms with Crippen molar-refractivity contribution >= 4 is 17.7 Å². The molecule has 3 amide bonds. The number of nitrogens with zero attached hydrogens (tertiary/aromatic N) is 1. The number of benzene rings is 1. The van der Waals surface area contributed by atoms with Crippen molar-refractivity contribution in [1.82, 2.24) is 20.9 Å². The Balaban J connectivity index is 1.50. The van der Waals surface area contributed by atoms with E-state index < -0.39 is 6.04 Å². The van der Waals surface area contributed by atoms with Crippen LogP contribution in [0.1, 0.15) is 34.3 Å². The minimum absolute atomic E-state index is 0.109. The Kier molecular flexibility index (Phi) is 4.94. The summed E-state index contributed by atoms with van der Waals surface area (Å²) in [6.45, 7) is 2.59. The Bertz CT molecular complexity index is 781. The molecule has 0 saturated carbocycles. The van der Waals surface area contributed by atoms with Crippen LogP contribution in [0.4, 0.5) is 0 Å². The van der Waals surface area contributed by atoms with E-state index in [0.29, 0.717) is 25.1 Å². The first-order valence-electron chi connectivity index (χ1n) is 9.31. The van der Waals surface area contributed by atoms with E-state index in [4.69, 9.17) is 4.74 Å². The van der Waals surface area contributed by atoms with E-state index >= 15 is 0 Å². The second-order valence-electron chi connectivity index (χ2n) is 7.27. The number of rotatable bonds is 5. The number of ether oxygens (including phenoxy) is 1. The molecule has 3 N–H and O–H groups in total. The highest BCUT2D eigenvalue weighted by Crippen LogP contribution is 2.29. The van der Waals surface area contributed by atoms with Crippen molar-refractivity contribution in [3.05, 3.63) is 34.9 Å². The van der Waals surface area contributed by atoms with Gasteiger partial charge in [0.1, 0.15) is 6.04 Å². The van der Waals surface area contributed by atoms with Gasteiger partial charge in [-0.05, 0) is 17.5 Å². The van der Waals surface area contributed by atoms with E-state index in [9.17, 15) is 14.4 Å². The average molecular weight is 372 g/mol. The molecular weight excluding hydrogens is 348 g/mol. The molecule has 0 radical (unpaired) electrons. The molecule has 8 nitrogen and oxygen atoms in total. The number of amides is 3. The monoisotopic (exact) mass is 372 g/mol. The van der Waals surface area contributed by atoms with Gasteiger partial charge in [-0.15, -0.1) is 0 Å². The lowest BCUT2D eigenvalue weighted by Crippen LogP contribution is -2.52. The molecule has 27 heavy (non-hydrogen) atoms. The second-order valence-corrected chi connectivity index (χ2v) is 7.27. The van der Waals surface area contributed by atoms with E-state index in [1.165, 1.54) is 0 Å². The first-order valence-corrected chi connectivity index (χ1v) is 9.31. The van der Waals surface area contributed by atoms with Crippen molar-refractivity contribution in [2.24, 2.45) is 0 Å². The molecule has 0 aliphatic carbocycles. The zero-order chi connectivity index (χ0) is 19.0. The fourth-order valence-corrected chi connectivity index (χ4v) is 4.18. The molecule has 2 fully saturated rings. The third kappa shape index (κ3) is 3.36. The SMILES string of the molecule is CO[C@@H]1CNC[C@@H]1NCc1cccc2c1C(=O)N(C1CCC(=O)NC1=O)C2. The van der Waals surface area contributed by atoms with Crippen LogP contribution in [0, 0.1) is 0 Å². The van der Waals surface area contributed by atoms with Crippen LogP contribution in [-0.2, 0) is 27.4 Å². The van der Waals surface area contributed by atoms with Gasteiger partial charge in [0.15, 0.2) is 0 Å². The molecular formula is C19H24N4O4. The van der Waals surface area contributed by atoms with Crippen LogP contribution in [0.2, 0.25) is 0 Å². The minimum atomic E-state index is -0.583. The first kappa shape index (κ1) is 18.1. The molecule has 0 bridgehead atoms. The largest absolute Gasteiger partial charge is 0.378 e. The number of nitrogens with one attached hydrogen (secondary N) is 3. The highest BCUT2D eigenvalue weighted by molar-refractivity contribution is 6.05. The number of carbonyl (C=O) groups excluding carboxylic acids is 3. The average Bonchev–Trinajstić information content (AvgIpc) is 3.24. The maximum atomic E-state index is 13.1. The molecule has 3 aliphatic heterocycles. The van der Waals surface area contributed by atoms with Gasteiger partial charge in [0.05, 0.1) is 6.10 Å². The lowest BCUT2D eigenvalue weighted by molar-refractivity contribution is -0.136. The lowest BCUT2D eigenvalue weighted by Gasteiger charge is -2.29. The van der Waals surface area contributed by atoms with Gasteiger partial charge in [0.25, 0.3) is 5.91 Å². The van der Waals surface area contributed by atoms with Crippen molar-refractivity contribution < 1.29 is 19.1 Å². The maximum absolute atomic E-state index is 13.1. The molecule has 0 aromatic heterocycles. The van der Waals surface area contributed by atoms with Crippen LogP contribution in [0.15, 0.2) is 18.2 Å². The van der Waals surface area contributed by atoms with Gasteiger partial charge in [-0.1, -0.05) is 18.2 Å². The summed E-state index contributed by atoms with van der Waals surface area (Å²) >= 11 is 0. The number of hydrogen-bond acceptors (Lipinski definition) is 6. The van der Waals surface area contributed by atoms with E-state index in [1.54, 1.807) is 12.0 Å². The highest BCUT2D eigenvalue weighted by Gasteiger charge is 2.40. The third-order valence-electron chi connectivity index (χ3n) is 5.65. The zero-order valence-corrected chi connectivity index (χ0v) is 15.3. The third-order valence-corrected chi connectivity index (χ3v) is 5.65. The van der Waals surface area contributed by atoms with Crippen molar-refractivity contribution in [2.75, 3.05) is 20.2 Å². The van der Waals surface area contributed by atoms with Gasteiger partial charge < -0.3 is 20.3 Å². The number of fused-ring (bicyclic) bond motifs is 1. The molecule has 1 unspecified atom stereocenters. The molecule has 144 valence electrons. The fourth-order valence-electron chi connectivity index (χ4n) is 4.18. The standard InChI is InChI=1S/C19H24N4O4/c1-27-15-9-20-8-13(15)21-7-11-3-2-4-12-10-23(19(26)17(11)12)14-5-6-16(24)22-18(14)25/h2-4,13-15,20-21H,5-10H2,1H3,(H,22,24,25)/t13-,14?,15+/m0/s1. The van der Waals surface area contributed by atoms with Gasteiger partial charge in [-0.25, -0.2) is 0 Å². The predicted molar refractivity (Wildman–Crippen MR) is 96.8 cm³/mol. The topological polar surface area (TPSA) is 99.8 Å². The molecule has 3 aliphatic rings. The summed E-state index contributed by atoms with van der Waals surface area (Å²) in [4.78, 5) is 38.2. The van der Waals surface area contributed by atoms with Crippen LogP contribution >= 0.6 is 0 Å². The molecule has 3 heterocycles. The molecule has 2 saturated heterocycles. The summed E-state index contributed by atoms with van der Waals surface area (Å²) in [5.41, 5.74) is 2.53. The Morgan fingerprint density at radius 3 is 2.89 bits per heavy atom. The van der Waals surface area contributed by atoms with Crippen LogP contribution in [-0.4, -0.2) is 61.0 Å². The number of methoxy groups -OCH3 is 1. The van der Waals surface area contributed by atoms with Crippen molar-refractivity contribution in [1.29, 1.82) is 0 Å². The minimum Gasteiger partial charge on any atom is -0.378 e. The van der Waals surface area contributed by atoms with Gasteiger partial charge in [-0.2, -0.15) is 0 Å². The summed E-state index contributed by atoms with van der Waals surface area (Å²) in [5.74, 6) is -0.792. The molecule has 1 aromatic carbocycles. The van der Waals surface area contributed by atoms with Crippen molar-refractivity contribution in [3.63, 3.8) is 0 Å². The van der Waals surface area contributed by atoms with Gasteiger partial charge >= 0.3 is 0 Å². The van der Waals surface area contributed by atoms with Crippen LogP contribution in [0.5, 0.6) is 0 Å². The van der Waals surface area contributed by atoms with Crippen molar-refractivity contribution in [2.45, 2.75) is 44.1 Å². The number of carbonyl (C=O) groups is 3. The Hall–Kier alpha value is -2.29. The number of piperidine rings is 1. The van der Waals surface area contributed by atoms with Crippen LogP contribution < -0.4 is 16.0 Å². The zero-order valence-electron chi connectivity index (χ0n) is 15.3. The first-order chi connectivity index (χ1) is 13.1. The smallest absolute Gasteiger partial charge is 0.255 e. The quantitative estimate of drug-likeness (QED) is 0.604. The normalized spacial score (nSPS) is 27.8. The highest BCUT2D eigenvalue weighted by atomic mass is 16.5. The molecule has 8 heteroatoms. The molecule has 0 spiro atoms. The molecule has 3 atom stereocenters. The Labute approximate surface area is 157 Å². The molecule has 1 aromatic rings. The van der Waals surface area contributed by atoms with Gasteiger partial charge in [-0.3, -0.25) is 19.7 Å². The Morgan fingerprint density at radius 2 is 2.11 bits per heavy atom. The lowest BCUT2D eigenvalue weighted by atomic mass is 10.0. The van der Waals surface area contributed by atoms with E-state index in [1.807, 2.05) is 18.2 Å².